The highest BCUT2D eigenvalue weighted by Crippen LogP contribution is 2.25. The fourth-order valence-electron chi connectivity index (χ4n) is 0.159. The molecule has 0 aromatic heterocycles. The van der Waals surface area contributed by atoms with Crippen LogP contribution in [-0.4, -0.2) is 16.0 Å². The molecule has 7 heteroatoms. The van der Waals surface area contributed by atoms with Gasteiger partial charge in [0.15, 0.2) is 5.84 Å². The number of nitrogens with two attached hydrogens (primary N) is 1. The third-order valence-electron chi connectivity index (χ3n) is 0.528. The highest BCUT2D eigenvalue weighted by molar-refractivity contribution is 6.76. The van der Waals surface area contributed by atoms with E-state index in [0.717, 1.165) is 0 Å². The fraction of sp³-hybridized carbons (Fsp3) is 0.333. The van der Waals surface area contributed by atoms with Crippen molar-refractivity contribution in [3.63, 3.8) is 0 Å². The molecule has 0 heterocycles. The molecule has 58 valence electrons. The van der Waals surface area contributed by atoms with Crippen molar-refractivity contribution in [2.45, 2.75) is 3.79 Å². The molecule has 0 saturated heterocycles. The number of halogens is 3. The van der Waals surface area contributed by atoms with Gasteiger partial charge in [-0.1, -0.05) is 34.8 Å². The van der Waals surface area contributed by atoms with Gasteiger partial charge in [0.05, 0.1) is 0 Å². The standard InChI is InChI=1S/C3H4Cl3N3O/c4-3(5,6)2(7)9-8-1-10/h1H,(H2,7,9)(H,8,10). The molecule has 0 aromatic carbocycles. The first-order valence-electron chi connectivity index (χ1n) is 2.08. The van der Waals surface area contributed by atoms with Gasteiger partial charge < -0.3 is 5.73 Å². The third kappa shape index (κ3) is 3.76. The molecule has 0 saturated carbocycles. The molecule has 0 fully saturated rings. The highest BCUT2D eigenvalue weighted by Gasteiger charge is 2.25. The van der Waals surface area contributed by atoms with E-state index < -0.39 is 3.79 Å². The topological polar surface area (TPSA) is 67.5 Å². The van der Waals surface area contributed by atoms with Crippen molar-refractivity contribution in [2.75, 3.05) is 0 Å². The van der Waals surface area contributed by atoms with Gasteiger partial charge in [-0.15, -0.1) is 0 Å². The molecule has 0 rings (SSSR count). The van der Waals surface area contributed by atoms with Crippen LogP contribution in [0.4, 0.5) is 0 Å². The van der Waals surface area contributed by atoms with Gasteiger partial charge >= 0.3 is 0 Å². The number of nitrogens with one attached hydrogen (secondary N) is 1. The second-order valence-corrected chi connectivity index (χ2v) is 3.52. The van der Waals surface area contributed by atoms with Crippen molar-refractivity contribution in [3.05, 3.63) is 0 Å². The van der Waals surface area contributed by atoms with Crippen LogP contribution in [0.25, 0.3) is 0 Å². The molecule has 0 unspecified atom stereocenters. The van der Waals surface area contributed by atoms with Gasteiger partial charge in [-0.05, 0) is 0 Å². The smallest absolute Gasteiger partial charge is 0.249 e. The number of carbonyl (C=O) groups is 1. The Hall–Kier alpha value is -0.190. The van der Waals surface area contributed by atoms with Gasteiger partial charge in [0.25, 0.3) is 0 Å². The first kappa shape index (κ1) is 9.81. The first-order chi connectivity index (χ1) is 4.48. The van der Waals surface area contributed by atoms with Crippen molar-refractivity contribution in [1.29, 1.82) is 0 Å². The molecule has 0 spiro atoms. The van der Waals surface area contributed by atoms with Crippen LogP contribution in [0, 0.1) is 0 Å². The minimum Gasteiger partial charge on any atom is -0.382 e. The zero-order valence-corrected chi connectivity index (χ0v) is 6.91. The minimum absolute atomic E-state index is 0.287. The summed E-state index contributed by atoms with van der Waals surface area (Å²) < 4.78 is -1.77. The number of hydrazone groups is 1. The van der Waals surface area contributed by atoms with Gasteiger partial charge in [0, 0.05) is 0 Å². The van der Waals surface area contributed by atoms with E-state index in [-0.39, 0.29) is 5.84 Å². The van der Waals surface area contributed by atoms with Gasteiger partial charge in [-0.2, -0.15) is 5.10 Å². The molecule has 3 N–H and O–H groups in total. The number of hydrogen-bond donors (Lipinski definition) is 2. The Balaban J connectivity index is 4.05. The van der Waals surface area contributed by atoms with E-state index in [1.807, 2.05) is 5.43 Å². The summed E-state index contributed by atoms with van der Waals surface area (Å²) in [5.41, 5.74) is 6.95. The monoisotopic (exact) mass is 203 g/mol. The number of rotatable bonds is 2. The SMILES string of the molecule is N/C(=N/NC=O)C(Cl)(Cl)Cl. The van der Waals surface area contributed by atoms with Crippen molar-refractivity contribution < 1.29 is 4.79 Å². The Morgan fingerprint density at radius 2 is 2.10 bits per heavy atom. The first-order valence-corrected chi connectivity index (χ1v) is 3.21. The Morgan fingerprint density at radius 1 is 1.60 bits per heavy atom. The summed E-state index contributed by atoms with van der Waals surface area (Å²) in [5.74, 6) is -0.287. The van der Waals surface area contributed by atoms with Crippen molar-refractivity contribution >= 4 is 47.0 Å². The lowest BCUT2D eigenvalue weighted by atomic mass is 10.7. The number of amides is 1. The molecule has 0 radical (unpaired) electrons. The maximum absolute atomic E-state index is 9.63. The maximum atomic E-state index is 9.63. The van der Waals surface area contributed by atoms with E-state index in [9.17, 15) is 4.79 Å². The van der Waals surface area contributed by atoms with Crippen LogP contribution in [0.2, 0.25) is 0 Å². The molecular weight excluding hydrogens is 200 g/mol. The summed E-state index contributed by atoms with van der Waals surface area (Å²) in [6, 6.07) is 0. The van der Waals surface area contributed by atoms with Crippen LogP contribution in [0.5, 0.6) is 0 Å². The van der Waals surface area contributed by atoms with Crippen LogP contribution in [-0.2, 0) is 4.79 Å². The summed E-state index contributed by atoms with van der Waals surface area (Å²) >= 11 is 15.7. The Bertz CT molecular complexity index is 152. The molecule has 0 aliphatic rings. The van der Waals surface area contributed by atoms with E-state index >= 15 is 0 Å². The molecule has 4 nitrogen and oxygen atoms in total. The quantitative estimate of drug-likeness (QED) is 0.224. The van der Waals surface area contributed by atoms with Crippen LogP contribution in [0.1, 0.15) is 0 Å². The summed E-state index contributed by atoms with van der Waals surface area (Å²) in [7, 11) is 0. The van der Waals surface area contributed by atoms with Crippen LogP contribution >= 0.6 is 34.8 Å². The van der Waals surface area contributed by atoms with Crippen LogP contribution in [0.15, 0.2) is 5.10 Å². The fourth-order valence-corrected chi connectivity index (χ4v) is 0.286. The van der Waals surface area contributed by atoms with E-state index in [4.69, 9.17) is 40.5 Å². The Kier molecular flexibility index (Phi) is 3.78. The van der Waals surface area contributed by atoms with E-state index in [2.05, 4.69) is 5.10 Å². The van der Waals surface area contributed by atoms with Crippen LogP contribution < -0.4 is 11.2 Å². The third-order valence-corrected chi connectivity index (χ3v) is 1.11. The average molecular weight is 204 g/mol. The summed E-state index contributed by atoms with van der Waals surface area (Å²) in [4.78, 5) is 9.63. The lowest BCUT2D eigenvalue weighted by Crippen LogP contribution is -2.30. The second kappa shape index (κ2) is 3.85. The molecule has 1 amide bonds. The highest BCUT2D eigenvalue weighted by atomic mass is 35.6. The van der Waals surface area contributed by atoms with Gasteiger partial charge in [-0.3, -0.25) is 4.79 Å². The molecule has 0 aliphatic carbocycles. The Labute approximate surface area is 72.3 Å². The average Bonchev–Trinajstić information content (AvgIpc) is 1.80. The largest absolute Gasteiger partial charge is 0.382 e. The molecule has 0 aromatic rings. The number of amidine groups is 1. The van der Waals surface area contributed by atoms with Gasteiger partial charge in [0.1, 0.15) is 0 Å². The molecule has 0 atom stereocenters. The normalized spacial score (nSPS) is 12.9. The molecule has 0 aliphatic heterocycles. The minimum atomic E-state index is -1.77. The number of hydrogen-bond acceptors (Lipinski definition) is 2. The zero-order chi connectivity index (χ0) is 8.20. The number of nitrogens with zero attached hydrogens (tertiary/aromatic N) is 1. The second-order valence-electron chi connectivity index (χ2n) is 1.24. The van der Waals surface area contributed by atoms with E-state index in [0.29, 0.717) is 6.41 Å². The summed E-state index contributed by atoms with van der Waals surface area (Å²) in [6.07, 6.45) is 0.309. The zero-order valence-electron chi connectivity index (χ0n) is 4.64. The molecular formula is C3H4Cl3N3O. The maximum Gasteiger partial charge on any atom is 0.249 e. The lowest BCUT2D eigenvalue weighted by molar-refractivity contribution is -0.109. The lowest BCUT2D eigenvalue weighted by Gasteiger charge is -2.07. The van der Waals surface area contributed by atoms with Crippen molar-refractivity contribution in [1.82, 2.24) is 5.43 Å². The molecule has 10 heavy (non-hydrogen) atoms. The van der Waals surface area contributed by atoms with Gasteiger partial charge in [-0.25, -0.2) is 5.43 Å². The number of alkyl halides is 3. The summed E-state index contributed by atoms with van der Waals surface area (Å²) in [5, 5.41) is 3.19. The number of carbonyl (C=O) groups excluding carboxylic acids is 1. The van der Waals surface area contributed by atoms with Gasteiger partial charge in [0.2, 0.25) is 10.2 Å². The van der Waals surface area contributed by atoms with Crippen molar-refractivity contribution in [2.24, 2.45) is 10.8 Å². The van der Waals surface area contributed by atoms with E-state index in [1.165, 1.54) is 0 Å². The predicted molar refractivity (Wildman–Crippen MR) is 41.1 cm³/mol. The van der Waals surface area contributed by atoms with E-state index in [1.54, 1.807) is 0 Å². The summed E-state index contributed by atoms with van der Waals surface area (Å²) in [6.45, 7) is 0. The Morgan fingerprint density at radius 3 is 2.40 bits per heavy atom. The molecule has 0 bridgehead atoms. The van der Waals surface area contributed by atoms with Crippen LogP contribution in [0.3, 0.4) is 0 Å². The van der Waals surface area contributed by atoms with Crippen molar-refractivity contribution in [3.8, 4) is 0 Å². The predicted octanol–water partition coefficient (Wildman–Crippen LogP) is 0.375.